The van der Waals surface area contributed by atoms with Crippen molar-refractivity contribution in [2.24, 2.45) is 0 Å². The first-order chi connectivity index (χ1) is 8.85. The predicted molar refractivity (Wildman–Crippen MR) is 65.8 cm³/mol. The fraction of sp³-hybridized carbons (Fsp3) is 0.0833. The molecule has 2 N–H and O–H groups in total. The van der Waals surface area contributed by atoms with Crippen LogP contribution in [0.1, 0.15) is 0 Å². The van der Waals surface area contributed by atoms with Crippen LogP contribution in [0, 0.1) is 0 Å². The Balaban J connectivity index is 2.27. The van der Waals surface area contributed by atoms with Crippen LogP contribution in [0.4, 0.5) is 18.9 Å². The number of aromatic nitrogens is 1. The summed E-state index contributed by atoms with van der Waals surface area (Å²) < 4.78 is 39.8. The third-order valence-electron chi connectivity index (χ3n) is 2.25. The molecule has 0 atom stereocenters. The summed E-state index contributed by atoms with van der Waals surface area (Å²) in [5.41, 5.74) is 7.10. The van der Waals surface area contributed by atoms with E-state index in [0.29, 0.717) is 22.0 Å². The number of ether oxygens (including phenoxy) is 1. The van der Waals surface area contributed by atoms with Gasteiger partial charge in [-0.2, -0.15) is 0 Å². The molecular formula is C12H8ClF3N2O. The number of hydrogen-bond acceptors (Lipinski definition) is 3. The normalized spacial score (nSPS) is 11.4. The molecule has 0 bridgehead atoms. The zero-order valence-corrected chi connectivity index (χ0v) is 10.2. The van der Waals surface area contributed by atoms with Crippen LogP contribution in [0.25, 0.3) is 11.3 Å². The predicted octanol–water partition coefficient (Wildman–Crippen LogP) is 3.88. The summed E-state index contributed by atoms with van der Waals surface area (Å²) in [5.74, 6) is -0.302. The molecule has 0 spiro atoms. The van der Waals surface area contributed by atoms with Gasteiger partial charge in [-0.25, -0.2) is 0 Å². The summed E-state index contributed by atoms with van der Waals surface area (Å²) in [6, 6.07) is 6.78. The van der Waals surface area contributed by atoms with Gasteiger partial charge < -0.3 is 10.5 Å². The van der Waals surface area contributed by atoms with Gasteiger partial charge in [-0.1, -0.05) is 11.6 Å². The van der Waals surface area contributed by atoms with Crippen LogP contribution < -0.4 is 10.5 Å². The second-order valence-electron chi connectivity index (χ2n) is 3.66. The number of benzene rings is 1. The summed E-state index contributed by atoms with van der Waals surface area (Å²) in [6.07, 6.45) is -3.30. The summed E-state index contributed by atoms with van der Waals surface area (Å²) in [7, 11) is 0. The Morgan fingerprint density at radius 1 is 1.16 bits per heavy atom. The van der Waals surface area contributed by atoms with Crippen molar-refractivity contribution < 1.29 is 17.9 Å². The summed E-state index contributed by atoms with van der Waals surface area (Å²) in [4.78, 5) is 4.03. The SMILES string of the molecule is Nc1cc(Cl)cnc1-c1ccc(OC(F)(F)F)cc1. The number of halogens is 4. The van der Waals surface area contributed by atoms with Crippen molar-refractivity contribution in [1.82, 2.24) is 4.98 Å². The van der Waals surface area contributed by atoms with Crippen LogP contribution in [-0.4, -0.2) is 11.3 Å². The molecular weight excluding hydrogens is 281 g/mol. The zero-order valence-electron chi connectivity index (χ0n) is 9.41. The third kappa shape index (κ3) is 3.51. The van der Waals surface area contributed by atoms with E-state index in [4.69, 9.17) is 17.3 Å². The van der Waals surface area contributed by atoms with E-state index in [1.54, 1.807) is 0 Å². The van der Waals surface area contributed by atoms with Gasteiger partial charge >= 0.3 is 6.36 Å². The molecule has 19 heavy (non-hydrogen) atoms. The van der Waals surface area contributed by atoms with E-state index in [1.807, 2.05) is 0 Å². The third-order valence-corrected chi connectivity index (χ3v) is 2.45. The lowest BCUT2D eigenvalue weighted by Gasteiger charge is -2.10. The lowest BCUT2D eigenvalue weighted by atomic mass is 10.1. The van der Waals surface area contributed by atoms with Crippen LogP contribution in [-0.2, 0) is 0 Å². The molecule has 0 saturated heterocycles. The van der Waals surface area contributed by atoms with Gasteiger partial charge in [0.2, 0.25) is 0 Å². The minimum atomic E-state index is -4.71. The molecule has 3 nitrogen and oxygen atoms in total. The van der Waals surface area contributed by atoms with E-state index in [0.717, 1.165) is 0 Å². The number of alkyl halides is 3. The molecule has 0 radical (unpaired) electrons. The molecule has 0 saturated carbocycles. The van der Waals surface area contributed by atoms with Crippen LogP contribution in [0.3, 0.4) is 0 Å². The van der Waals surface area contributed by atoms with Crippen LogP contribution in [0.5, 0.6) is 5.75 Å². The molecule has 0 aliphatic heterocycles. The second kappa shape index (κ2) is 4.97. The van der Waals surface area contributed by atoms with Crippen LogP contribution in [0.15, 0.2) is 36.5 Å². The Morgan fingerprint density at radius 2 is 1.79 bits per heavy atom. The van der Waals surface area contributed by atoms with Crippen molar-refractivity contribution in [1.29, 1.82) is 0 Å². The standard InChI is InChI=1S/C12H8ClF3N2O/c13-8-5-10(17)11(18-6-8)7-1-3-9(4-2-7)19-12(14,15)16/h1-6H,17H2. The van der Waals surface area contributed by atoms with Gasteiger partial charge in [-0.15, -0.1) is 13.2 Å². The van der Waals surface area contributed by atoms with E-state index in [-0.39, 0.29) is 5.75 Å². The molecule has 1 aromatic carbocycles. The highest BCUT2D eigenvalue weighted by Gasteiger charge is 2.30. The van der Waals surface area contributed by atoms with Crippen molar-refractivity contribution in [3.8, 4) is 17.0 Å². The molecule has 1 heterocycles. The van der Waals surface area contributed by atoms with Gasteiger partial charge in [0.1, 0.15) is 5.75 Å². The Labute approximate surface area is 111 Å². The molecule has 2 rings (SSSR count). The maximum atomic E-state index is 12.0. The van der Waals surface area contributed by atoms with Gasteiger partial charge in [0.05, 0.1) is 16.4 Å². The largest absolute Gasteiger partial charge is 0.573 e. The Hall–Kier alpha value is -1.95. The van der Waals surface area contributed by atoms with Crippen molar-refractivity contribution in [3.05, 3.63) is 41.6 Å². The van der Waals surface area contributed by atoms with Crippen LogP contribution in [0.2, 0.25) is 5.02 Å². The fourth-order valence-electron chi connectivity index (χ4n) is 1.51. The molecule has 0 fully saturated rings. The average molecular weight is 289 g/mol. The van der Waals surface area contributed by atoms with Crippen molar-refractivity contribution in [3.63, 3.8) is 0 Å². The average Bonchev–Trinajstić information content (AvgIpc) is 2.28. The summed E-state index contributed by atoms with van der Waals surface area (Å²) >= 11 is 5.71. The van der Waals surface area contributed by atoms with Crippen molar-refractivity contribution >= 4 is 17.3 Å². The first kappa shape index (κ1) is 13.5. The first-order valence-electron chi connectivity index (χ1n) is 5.12. The van der Waals surface area contributed by atoms with E-state index < -0.39 is 6.36 Å². The number of nitrogens with zero attached hydrogens (tertiary/aromatic N) is 1. The fourth-order valence-corrected chi connectivity index (χ4v) is 1.68. The van der Waals surface area contributed by atoms with E-state index in [2.05, 4.69) is 9.72 Å². The molecule has 0 aliphatic rings. The topological polar surface area (TPSA) is 48.1 Å². The molecule has 1 aromatic heterocycles. The van der Waals surface area contributed by atoms with Crippen LogP contribution >= 0.6 is 11.6 Å². The maximum absolute atomic E-state index is 12.0. The Kier molecular flexibility index (Phi) is 3.53. The Morgan fingerprint density at radius 3 is 2.32 bits per heavy atom. The van der Waals surface area contributed by atoms with E-state index >= 15 is 0 Å². The highest BCUT2D eigenvalue weighted by Crippen LogP contribution is 2.29. The molecule has 0 unspecified atom stereocenters. The number of pyridine rings is 1. The zero-order chi connectivity index (χ0) is 14.0. The van der Waals surface area contributed by atoms with Gasteiger partial charge in [0, 0.05) is 11.8 Å². The number of nitrogen functional groups attached to an aromatic ring is 1. The molecule has 0 amide bonds. The summed E-state index contributed by atoms with van der Waals surface area (Å²) in [6.45, 7) is 0. The second-order valence-corrected chi connectivity index (χ2v) is 4.10. The van der Waals surface area contributed by atoms with Gasteiger partial charge in [-0.3, -0.25) is 4.98 Å². The Bertz CT molecular complexity index is 585. The number of nitrogens with two attached hydrogens (primary N) is 1. The molecule has 0 aliphatic carbocycles. The minimum Gasteiger partial charge on any atom is -0.406 e. The quantitative estimate of drug-likeness (QED) is 0.912. The lowest BCUT2D eigenvalue weighted by molar-refractivity contribution is -0.274. The maximum Gasteiger partial charge on any atom is 0.573 e. The molecule has 2 aromatic rings. The number of rotatable bonds is 2. The summed E-state index contributed by atoms with van der Waals surface area (Å²) in [5, 5.41) is 0.387. The monoisotopic (exact) mass is 288 g/mol. The van der Waals surface area contributed by atoms with E-state index in [1.165, 1.54) is 36.5 Å². The molecule has 7 heteroatoms. The van der Waals surface area contributed by atoms with Crippen molar-refractivity contribution in [2.75, 3.05) is 5.73 Å². The minimum absolute atomic E-state index is 0.302. The van der Waals surface area contributed by atoms with E-state index in [9.17, 15) is 13.2 Å². The van der Waals surface area contributed by atoms with Crippen molar-refractivity contribution in [2.45, 2.75) is 6.36 Å². The highest BCUT2D eigenvalue weighted by molar-refractivity contribution is 6.30. The number of anilines is 1. The smallest absolute Gasteiger partial charge is 0.406 e. The van der Waals surface area contributed by atoms with Gasteiger partial charge in [0.25, 0.3) is 0 Å². The first-order valence-corrected chi connectivity index (χ1v) is 5.50. The van der Waals surface area contributed by atoms with Gasteiger partial charge in [-0.05, 0) is 30.3 Å². The lowest BCUT2D eigenvalue weighted by Crippen LogP contribution is -2.16. The highest BCUT2D eigenvalue weighted by atomic mass is 35.5. The molecule has 100 valence electrons. The number of hydrogen-bond donors (Lipinski definition) is 1. The van der Waals surface area contributed by atoms with Gasteiger partial charge in [0.15, 0.2) is 0 Å².